The largest absolute Gasteiger partial charge is 0.431 e. The van der Waals surface area contributed by atoms with Crippen molar-refractivity contribution >= 4 is 27.2 Å². The fourth-order valence-corrected chi connectivity index (χ4v) is 3.05. The smallest absolute Gasteiger partial charge is 0.279 e. The number of thiazole rings is 1. The van der Waals surface area contributed by atoms with E-state index < -0.39 is 0 Å². The molecule has 1 atom stereocenters. The molecule has 3 nitrogen and oxygen atoms in total. The molecule has 2 aromatic carbocycles. The van der Waals surface area contributed by atoms with Crippen molar-refractivity contribution in [3.05, 3.63) is 48.0 Å². The van der Waals surface area contributed by atoms with Crippen molar-refractivity contribution in [3.8, 4) is 10.9 Å². The molecule has 0 radical (unpaired) electrons. The zero-order valence-corrected chi connectivity index (χ0v) is 13.0. The van der Waals surface area contributed by atoms with Gasteiger partial charge in [-0.05, 0) is 48.2 Å². The minimum Gasteiger partial charge on any atom is -0.431 e. The summed E-state index contributed by atoms with van der Waals surface area (Å²) in [4.78, 5) is 4.46. The Kier molecular flexibility index (Phi) is 3.80. The Morgan fingerprint density at radius 2 is 1.95 bits per heavy atom. The summed E-state index contributed by atoms with van der Waals surface area (Å²) in [5, 5.41) is 0.645. The van der Waals surface area contributed by atoms with Gasteiger partial charge in [0, 0.05) is 5.69 Å². The molecule has 1 aromatic heterocycles. The molecule has 0 bridgehead atoms. The van der Waals surface area contributed by atoms with Gasteiger partial charge in [0.1, 0.15) is 5.75 Å². The predicted octanol–water partition coefficient (Wildman–Crippen LogP) is 5.18. The van der Waals surface area contributed by atoms with Gasteiger partial charge in [0.25, 0.3) is 5.19 Å². The Balaban J connectivity index is 1.81. The maximum absolute atomic E-state index is 5.84. The Bertz CT molecular complexity index is 749. The number of rotatable bonds is 4. The topological polar surface area (TPSA) is 48.1 Å². The van der Waals surface area contributed by atoms with Crippen molar-refractivity contribution in [3.63, 3.8) is 0 Å². The molecule has 1 unspecified atom stereocenters. The van der Waals surface area contributed by atoms with E-state index in [1.807, 2.05) is 30.3 Å². The van der Waals surface area contributed by atoms with E-state index in [9.17, 15) is 0 Å². The highest BCUT2D eigenvalue weighted by molar-refractivity contribution is 7.20. The number of hydrogen-bond donors (Lipinski definition) is 1. The van der Waals surface area contributed by atoms with Gasteiger partial charge in [-0.15, -0.1) is 0 Å². The van der Waals surface area contributed by atoms with E-state index in [0.717, 1.165) is 28.1 Å². The summed E-state index contributed by atoms with van der Waals surface area (Å²) < 4.78 is 6.88. The van der Waals surface area contributed by atoms with Gasteiger partial charge in [-0.25, -0.2) is 4.98 Å². The van der Waals surface area contributed by atoms with Gasteiger partial charge >= 0.3 is 0 Å². The maximum atomic E-state index is 5.84. The highest BCUT2D eigenvalue weighted by Crippen LogP contribution is 2.32. The summed E-state index contributed by atoms with van der Waals surface area (Å²) in [5.74, 6) is 1.39. The van der Waals surface area contributed by atoms with Gasteiger partial charge in [0.15, 0.2) is 0 Å². The third-order valence-corrected chi connectivity index (χ3v) is 4.56. The van der Waals surface area contributed by atoms with Gasteiger partial charge in [0.2, 0.25) is 0 Å². The number of anilines is 1. The lowest BCUT2D eigenvalue weighted by Gasteiger charge is -2.09. The predicted molar refractivity (Wildman–Crippen MR) is 89.3 cm³/mol. The Morgan fingerprint density at radius 3 is 2.67 bits per heavy atom. The molecule has 108 valence electrons. The van der Waals surface area contributed by atoms with E-state index in [1.165, 1.54) is 16.9 Å². The van der Waals surface area contributed by atoms with Crippen LogP contribution in [0.1, 0.15) is 31.7 Å². The number of nitrogens with zero attached hydrogens (tertiary/aromatic N) is 1. The van der Waals surface area contributed by atoms with Crippen molar-refractivity contribution in [1.82, 2.24) is 4.98 Å². The fourth-order valence-electron chi connectivity index (χ4n) is 2.16. The van der Waals surface area contributed by atoms with E-state index in [2.05, 4.69) is 31.0 Å². The molecular formula is C17H18N2OS. The van der Waals surface area contributed by atoms with Crippen LogP contribution in [-0.4, -0.2) is 4.98 Å². The second-order valence-corrected chi connectivity index (χ2v) is 6.18. The van der Waals surface area contributed by atoms with E-state index >= 15 is 0 Å². The second-order valence-electron chi connectivity index (χ2n) is 5.19. The number of ether oxygens (including phenoxy) is 1. The van der Waals surface area contributed by atoms with Gasteiger partial charge < -0.3 is 10.5 Å². The SMILES string of the molecule is CCC(C)c1ccc(Oc2nc3ccc(N)cc3s2)cc1. The molecule has 0 spiro atoms. The summed E-state index contributed by atoms with van der Waals surface area (Å²) in [5.41, 5.74) is 8.78. The molecule has 1 heterocycles. The van der Waals surface area contributed by atoms with Crippen LogP contribution < -0.4 is 10.5 Å². The third kappa shape index (κ3) is 3.00. The Morgan fingerprint density at radius 1 is 1.19 bits per heavy atom. The highest BCUT2D eigenvalue weighted by atomic mass is 32.1. The lowest BCUT2D eigenvalue weighted by atomic mass is 9.99. The third-order valence-electron chi connectivity index (χ3n) is 3.66. The molecular weight excluding hydrogens is 280 g/mol. The van der Waals surface area contributed by atoms with Crippen molar-refractivity contribution in [2.75, 3.05) is 5.73 Å². The first kappa shape index (κ1) is 13.9. The van der Waals surface area contributed by atoms with Crippen LogP contribution >= 0.6 is 11.3 Å². The van der Waals surface area contributed by atoms with Gasteiger partial charge in [-0.3, -0.25) is 0 Å². The number of hydrogen-bond acceptors (Lipinski definition) is 4. The van der Waals surface area contributed by atoms with Gasteiger partial charge in [-0.2, -0.15) is 0 Å². The first-order valence-corrected chi connectivity index (χ1v) is 7.91. The van der Waals surface area contributed by atoms with E-state index in [0.29, 0.717) is 11.1 Å². The maximum Gasteiger partial charge on any atom is 0.279 e. The van der Waals surface area contributed by atoms with Crippen molar-refractivity contribution < 1.29 is 4.74 Å². The van der Waals surface area contributed by atoms with Crippen LogP contribution in [-0.2, 0) is 0 Å². The van der Waals surface area contributed by atoms with Crippen LogP contribution in [0, 0.1) is 0 Å². The van der Waals surface area contributed by atoms with E-state index in [-0.39, 0.29) is 0 Å². The molecule has 0 aliphatic heterocycles. The molecule has 2 N–H and O–H groups in total. The van der Waals surface area contributed by atoms with Crippen LogP contribution in [0.4, 0.5) is 5.69 Å². The lowest BCUT2D eigenvalue weighted by molar-refractivity contribution is 0.480. The molecule has 3 rings (SSSR count). The summed E-state index contributed by atoms with van der Waals surface area (Å²) in [6.45, 7) is 4.43. The fraction of sp³-hybridized carbons (Fsp3) is 0.235. The minimum atomic E-state index is 0.574. The second kappa shape index (κ2) is 5.74. The molecule has 0 aliphatic carbocycles. The zero-order valence-electron chi connectivity index (χ0n) is 12.2. The van der Waals surface area contributed by atoms with E-state index in [4.69, 9.17) is 10.5 Å². The van der Waals surface area contributed by atoms with Crippen LogP contribution in [0.15, 0.2) is 42.5 Å². The van der Waals surface area contributed by atoms with Crippen LogP contribution in [0.2, 0.25) is 0 Å². The molecule has 3 aromatic rings. The number of fused-ring (bicyclic) bond motifs is 1. The van der Waals surface area contributed by atoms with Crippen LogP contribution in [0.25, 0.3) is 10.2 Å². The number of benzene rings is 2. The summed E-state index contributed by atoms with van der Waals surface area (Å²) >= 11 is 1.51. The molecule has 0 fully saturated rings. The summed E-state index contributed by atoms with van der Waals surface area (Å²) in [6.07, 6.45) is 1.14. The van der Waals surface area contributed by atoms with Gasteiger partial charge in [0.05, 0.1) is 10.2 Å². The Labute approximate surface area is 128 Å². The number of nitrogen functional groups attached to an aromatic ring is 1. The van der Waals surface area contributed by atoms with Crippen molar-refractivity contribution in [2.45, 2.75) is 26.2 Å². The van der Waals surface area contributed by atoms with Crippen LogP contribution in [0.5, 0.6) is 10.9 Å². The quantitative estimate of drug-likeness (QED) is 0.675. The zero-order chi connectivity index (χ0) is 14.8. The molecule has 0 saturated heterocycles. The standard InChI is InChI=1S/C17H18N2OS/c1-3-11(2)12-4-7-14(8-5-12)20-17-19-15-9-6-13(18)10-16(15)21-17/h4-11H,3,18H2,1-2H3. The monoisotopic (exact) mass is 298 g/mol. The molecule has 4 heteroatoms. The lowest BCUT2D eigenvalue weighted by Crippen LogP contribution is -1.91. The van der Waals surface area contributed by atoms with Crippen molar-refractivity contribution in [2.24, 2.45) is 0 Å². The first-order valence-electron chi connectivity index (χ1n) is 7.09. The average molecular weight is 298 g/mol. The number of nitrogens with two attached hydrogens (primary N) is 1. The molecule has 0 saturated carbocycles. The minimum absolute atomic E-state index is 0.574. The molecule has 21 heavy (non-hydrogen) atoms. The molecule has 0 amide bonds. The summed E-state index contributed by atoms with van der Waals surface area (Å²) in [7, 11) is 0. The Hall–Kier alpha value is -2.07. The van der Waals surface area contributed by atoms with Gasteiger partial charge in [-0.1, -0.05) is 37.3 Å². The van der Waals surface area contributed by atoms with Crippen molar-refractivity contribution in [1.29, 1.82) is 0 Å². The summed E-state index contributed by atoms with van der Waals surface area (Å²) in [6, 6.07) is 13.9. The first-order chi connectivity index (χ1) is 10.2. The highest BCUT2D eigenvalue weighted by Gasteiger charge is 2.07. The number of aromatic nitrogens is 1. The van der Waals surface area contributed by atoms with Crippen LogP contribution in [0.3, 0.4) is 0 Å². The molecule has 0 aliphatic rings. The van der Waals surface area contributed by atoms with E-state index in [1.54, 1.807) is 0 Å². The normalized spacial score (nSPS) is 12.5. The average Bonchev–Trinajstić information content (AvgIpc) is 2.88.